The predicted molar refractivity (Wildman–Crippen MR) is 84.5 cm³/mol. The molecule has 9 heteroatoms. The molecule has 1 heterocycles. The van der Waals surface area contributed by atoms with Crippen LogP contribution >= 0.6 is 0 Å². The van der Waals surface area contributed by atoms with Crippen LogP contribution in [-0.2, 0) is 11.8 Å². The Morgan fingerprint density at radius 2 is 2.12 bits per heavy atom. The lowest BCUT2D eigenvalue weighted by atomic mass is 10.2. The molecule has 1 atom stereocenters. The number of benzene rings is 1. The maximum Gasteiger partial charge on any atom is 0.311 e. The van der Waals surface area contributed by atoms with Gasteiger partial charge in [0.05, 0.1) is 22.0 Å². The summed E-state index contributed by atoms with van der Waals surface area (Å²) in [7, 11) is 1.74. The van der Waals surface area contributed by atoms with Gasteiger partial charge in [0.1, 0.15) is 5.82 Å². The standard InChI is InChI=1S/C15H17FN4O4/c1-8-14(9(2)19(4)18-8)17-15(21)10(3)24-13-7-11(16)5-6-12(13)20(22)23/h5-7,10H,1-4H3,(H,17,21)/t10-/m1/s1. The van der Waals surface area contributed by atoms with E-state index >= 15 is 0 Å². The second kappa shape index (κ2) is 6.65. The average Bonchev–Trinajstić information content (AvgIpc) is 2.73. The molecular weight excluding hydrogens is 319 g/mol. The van der Waals surface area contributed by atoms with Crippen LogP contribution in [0.3, 0.4) is 0 Å². The van der Waals surface area contributed by atoms with E-state index in [0.717, 1.165) is 23.9 Å². The molecule has 1 N–H and O–H groups in total. The Morgan fingerprint density at radius 3 is 2.67 bits per heavy atom. The highest BCUT2D eigenvalue weighted by Gasteiger charge is 2.23. The van der Waals surface area contributed by atoms with Crippen molar-refractivity contribution in [2.24, 2.45) is 7.05 Å². The Kier molecular flexibility index (Phi) is 4.82. The number of hydrogen-bond acceptors (Lipinski definition) is 5. The Bertz CT molecular complexity index is 803. The summed E-state index contributed by atoms with van der Waals surface area (Å²) in [5, 5.41) is 17.8. The summed E-state index contributed by atoms with van der Waals surface area (Å²) in [5.74, 6) is -1.52. The van der Waals surface area contributed by atoms with Gasteiger partial charge in [-0.3, -0.25) is 19.6 Å². The molecule has 0 saturated heterocycles. The third-order valence-electron chi connectivity index (χ3n) is 3.55. The highest BCUT2D eigenvalue weighted by atomic mass is 19.1. The molecule has 0 aliphatic heterocycles. The topological polar surface area (TPSA) is 99.3 Å². The molecule has 1 aromatic heterocycles. The molecule has 2 aromatic rings. The van der Waals surface area contributed by atoms with Crippen molar-refractivity contribution in [3.05, 3.63) is 45.5 Å². The van der Waals surface area contributed by atoms with Gasteiger partial charge in [-0.2, -0.15) is 5.10 Å². The second-order valence-corrected chi connectivity index (χ2v) is 5.29. The number of aryl methyl sites for hydroxylation is 2. The molecule has 0 aliphatic carbocycles. The molecule has 1 aromatic carbocycles. The summed E-state index contributed by atoms with van der Waals surface area (Å²) in [6.45, 7) is 4.95. The molecule has 0 aliphatic rings. The largest absolute Gasteiger partial charge is 0.474 e. The smallest absolute Gasteiger partial charge is 0.311 e. The fourth-order valence-corrected chi connectivity index (χ4v) is 2.16. The first-order valence-electron chi connectivity index (χ1n) is 7.12. The van der Waals surface area contributed by atoms with E-state index in [2.05, 4.69) is 10.4 Å². The summed E-state index contributed by atoms with van der Waals surface area (Å²) in [6.07, 6.45) is -1.07. The second-order valence-electron chi connectivity index (χ2n) is 5.29. The van der Waals surface area contributed by atoms with Gasteiger partial charge in [-0.05, 0) is 26.8 Å². The lowest BCUT2D eigenvalue weighted by molar-refractivity contribution is -0.386. The van der Waals surface area contributed by atoms with Gasteiger partial charge in [-0.15, -0.1) is 0 Å². The van der Waals surface area contributed by atoms with Gasteiger partial charge < -0.3 is 10.1 Å². The number of carbonyl (C=O) groups is 1. The van der Waals surface area contributed by atoms with Crippen molar-refractivity contribution in [2.45, 2.75) is 26.9 Å². The Morgan fingerprint density at radius 1 is 1.46 bits per heavy atom. The minimum Gasteiger partial charge on any atom is -0.474 e. The van der Waals surface area contributed by atoms with Crippen molar-refractivity contribution in [3.8, 4) is 5.75 Å². The molecule has 2 rings (SSSR count). The number of rotatable bonds is 5. The van der Waals surface area contributed by atoms with Crippen LogP contribution in [-0.4, -0.2) is 26.7 Å². The van der Waals surface area contributed by atoms with Crippen LogP contribution < -0.4 is 10.1 Å². The van der Waals surface area contributed by atoms with E-state index in [9.17, 15) is 19.3 Å². The van der Waals surface area contributed by atoms with Gasteiger partial charge in [0, 0.05) is 19.2 Å². The van der Waals surface area contributed by atoms with E-state index in [1.54, 1.807) is 25.6 Å². The first-order valence-corrected chi connectivity index (χ1v) is 7.12. The van der Waals surface area contributed by atoms with Crippen molar-refractivity contribution >= 4 is 17.3 Å². The van der Waals surface area contributed by atoms with E-state index < -0.39 is 28.4 Å². The fourth-order valence-electron chi connectivity index (χ4n) is 2.16. The third kappa shape index (κ3) is 3.50. The molecule has 128 valence electrons. The van der Waals surface area contributed by atoms with Gasteiger partial charge in [0.25, 0.3) is 5.91 Å². The molecule has 0 unspecified atom stereocenters. The minimum atomic E-state index is -1.07. The number of amides is 1. The molecule has 0 saturated carbocycles. The fraction of sp³-hybridized carbons (Fsp3) is 0.333. The van der Waals surface area contributed by atoms with Crippen LogP contribution in [0.4, 0.5) is 15.8 Å². The number of nitro benzene ring substituents is 1. The highest BCUT2D eigenvalue weighted by Crippen LogP contribution is 2.28. The number of halogens is 1. The number of nitro groups is 1. The van der Waals surface area contributed by atoms with E-state index in [0.29, 0.717) is 11.4 Å². The summed E-state index contributed by atoms with van der Waals surface area (Å²) in [4.78, 5) is 22.5. The van der Waals surface area contributed by atoms with Crippen LogP contribution in [0.1, 0.15) is 18.3 Å². The molecular formula is C15H17FN4O4. The maximum absolute atomic E-state index is 13.3. The summed E-state index contributed by atoms with van der Waals surface area (Å²) >= 11 is 0. The zero-order valence-corrected chi connectivity index (χ0v) is 13.7. The number of nitrogens with one attached hydrogen (secondary N) is 1. The predicted octanol–water partition coefficient (Wildman–Crippen LogP) is 2.49. The van der Waals surface area contributed by atoms with Crippen LogP contribution in [0.2, 0.25) is 0 Å². The Balaban J connectivity index is 2.18. The summed E-state index contributed by atoms with van der Waals surface area (Å²) < 4.78 is 20.2. The van der Waals surface area contributed by atoms with Gasteiger partial charge >= 0.3 is 5.69 Å². The Hall–Kier alpha value is -2.97. The van der Waals surface area contributed by atoms with Crippen molar-refractivity contribution in [1.29, 1.82) is 0 Å². The zero-order chi connectivity index (χ0) is 18.0. The van der Waals surface area contributed by atoms with Gasteiger partial charge in [-0.1, -0.05) is 0 Å². The Labute approximate surface area is 137 Å². The van der Waals surface area contributed by atoms with E-state index in [-0.39, 0.29) is 5.75 Å². The van der Waals surface area contributed by atoms with E-state index in [1.807, 2.05) is 0 Å². The molecule has 24 heavy (non-hydrogen) atoms. The van der Waals surface area contributed by atoms with Crippen LogP contribution in [0.5, 0.6) is 5.75 Å². The maximum atomic E-state index is 13.3. The van der Waals surface area contributed by atoms with E-state index in [4.69, 9.17) is 4.74 Å². The normalized spacial score (nSPS) is 11.9. The van der Waals surface area contributed by atoms with Gasteiger partial charge in [-0.25, -0.2) is 4.39 Å². The first kappa shape index (κ1) is 17.4. The quantitative estimate of drug-likeness (QED) is 0.668. The summed E-state index contributed by atoms with van der Waals surface area (Å²) in [5.41, 5.74) is 1.52. The number of aromatic nitrogens is 2. The van der Waals surface area contributed by atoms with Crippen LogP contribution in [0, 0.1) is 29.8 Å². The zero-order valence-electron chi connectivity index (χ0n) is 13.7. The van der Waals surface area contributed by atoms with Crippen molar-refractivity contribution < 1.29 is 18.8 Å². The summed E-state index contributed by atoms with van der Waals surface area (Å²) in [6, 6.07) is 2.82. The minimum absolute atomic E-state index is 0.303. The molecule has 1 amide bonds. The average molecular weight is 336 g/mol. The number of ether oxygens (including phenoxy) is 1. The molecule has 0 bridgehead atoms. The van der Waals surface area contributed by atoms with Crippen molar-refractivity contribution in [2.75, 3.05) is 5.32 Å². The van der Waals surface area contributed by atoms with E-state index in [1.165, 1.54) is 6.92 Å². The van der Waals surface area contributed by atoms with Crippen molar-refractivity contribution in [3.63, 3.8) is 0 Å². The third-order valence-corrected chi connectivity index (χ3v) is 3.55. The molecule has 0 radical (unpaired) electrons. The number of nitrogens with zero attached hydrogens (tertiary/aromatic N) is 3. The van der Waals surface area contributed by atoms with Crippen LogP contribution in [0.25, 0.3) is 0 Å². The SMILES string of the molecule is Cc1nn(C)c(C)c1NC(=O)[C@@H](C)Oc1cc(F)ccc1[N+](=O)[O-]. The van der Waals surface area contributed by atoms with Crippen molar-refractivity contribution in [1.82, 2.24) is 9.78 Å². The van der Waals surface area contributed by atoms with Gasteiger partial charge in [0.2, 0.25) is 5.75 Å². The van der Waals surface area contributed by atoms with Crippen LogP contribution in [0.15, 0.2) is 18.2 Å². The number of hydrogen-bond donors (Lipinski definition) is 1. The molecule has 8 nitrogen and oxygen atoms in total. The first-order chi connectivity index (χ1) is 11.2. The molecule has 0 fully saturated rings. The monoisotopic (exact) mass is 336 g/mol. The highest BCUT2D eigenvalue weighted by molar-refractivity contribution is 5.95. The molecule has 0 spiro atoms. The number of carbonyl (C=O) groups excluding carboxylic acids is 1. The lowest BCUT2D eigenvalue weighted by Crippen LogP contribution is -2.30. The van der Waals surface area contributed by atoms with Gasteiger partial charge in [0.15, 0.2) is 6.10 Å². The number of anilines is 1. The lowest BCUT2D eigenvalue weighted by Gasteiger charge is -2.15.